The lowest BCUT2D eigenvalue weighted by atomic mass is 10.1. The van der Waals surface area contributed by atoms with E-state index >= 15 is 0 Å². The molecule has 9 nitrogen and oxygen atoms in total. The number of amides is 1. The van der Waals surface area contributed by atoms with Gasteiger partial charge >= 0.3 is 5.69 Å². The highest BCUT2D eigenvalue weighted by Crippen LogP contribution is 2.23. The minimum atomic E-state index is -0.528. The summed E-state index contributed by atoms with van der Waals surface area (Å²) in [6.45, 7) is 2.72. The molecule has 0 aliphatic carbocycles. The highest BCUT2D eigenvalue weighted by molar-refractivity contribution is 5.92. The van der Waals surface area contributed by atoms with Crippen LogP contribution in [0.4, 0.5) is 0 Å². The Balaban J connectivity index is 1.63. The van der Waals surface area contributed by atoms with Crippen LogP contribution in [0.25, 0.3) is 0 Å². The number of carbonyl (C=O) groups is 1. The van der Waals surface area contributed by atoms with Crippen molar-refractivity contribution >= 4 is 5.91 Å². The second kappa shape index (κ2) is 7.16. The molecule has 1 atom stereocenters. The molecule has 0 fully saturated rings. The van der Waals surface area contributed by atoms with E-state index in [1.807, 2.05) is 37.3 Å². The molecule has 0 unspecified atom stereocenters. The minimum Gasteiger partial charge on any atom is -0.328 e. The van der Waals surface area contributed by atoms with Crippen molar-refractivity contribution in [3.63, 3.8) is 0 Å². The first kappa shape index (κ1) is 18.9. The van der Waals surface area contributed by atoms with E-state index in [0.29, 0.717) is 18.8 Å². The number of aromatic nitrogens is 5. The lowest BCUT2D eigenvalue weighted by molar-refractivity contribution is 0.0667. The molecular weight excluding hydrogens is 372 g/mol. The maximum atomic E-state index is 13.1. The van der Waals surface area contributed by atoms with Gasteiger partial charge in [-0.2, -0.15) is 0 Å². The summed E-state index contributed by atoms with van der Waals surface area (Å²) in [6.07, 6.45) is 0.662. The molecule has 1 aliphatic heterocycles. The number of rotatable bonds is 3. The van der Waals surface area contributed by atoms with Crippen LogP contribution in [0.1, 0.15) is 40.7 Å². The Bertz CT molecular complexity index is 1190. The lowest BCUT2D eigenvalue weighted by Gasteiger charge is -2.33. The zero-order valence-electron chi connectivity index (χ0n) is 16.6. The topological polar surface area (TPSA) is 95.0 Å². The largest absolute Gasteiger partial charge is 0.331 e. The number of fused-ring (bicyclic) bond motifs is 1. The first-order valence-corrected chi connectivity index (χ1v) is 9.39. The first-order chi connectivity index (χ1) is 13.9. The van der Waals surface area contributed by atoms with Gasteiger partial charge in [0.05, 0.1) is 12.6 Å². The third-order valence-electron chi connectivity index (χ3n) is 5.33. The molecule has 0 saturated heterocycles. The lowest BCUT2D eigenvalue weighted by Crippen LogP contribution is -2.45. The number of carbonyl (C=O) groups excluding carboxylic acids is 1. The van der Waals surface area contributed by atoms with E-state index in [9.17, 15) is 14.4 Å². The summed E-state index contributed by atoms with van der Waals surface area (Å²) < 4.78 is 4.25. The van der Waals surface area contributed by atoms with Crippen molar-refractivity contribution in [2.75, 3.05) is 6.54 Å². The van der Waals surface area contributed by atoms with Gasteiger partial charge in [0.15, 0.2) is 5.82 Å². The molecule has 0 N–H and O–H groups in total. The smallest absolute Gasteiger partial charge is 0.328 e. The van der Waals surface area contributed by atoms with Crippen LogP contribution in [0, 0.1) is 0 Å². The fraction of sp³-hybridized carbons (Fsp3) is 0.350. The third-order valence-corrected chi connectivity index (χ3v) is 5.33. The van der Waals surface area contributed by atoms with Crippen LogP contribution in [0.2, 0.25) is 0 Å². The van der Waals surface area contributed by atoms with Gasteiger partial charge in [0.1, 0.15) is 11.5 Å². The Labute approximate surface area is 166 Å². The maximum Gasteiger partial charge on any atom is 0.331 e. The highest BCUT2D eigenvalue weighted by atomic mass is 16.2. The number of hydrogen-bond acceptors (Lipinski definition) is 5. The van der Waals surface area contributed by atoms with E-state index in [0.717, 1.165) is 16.0 Å². The Morgan fingerprint density at radius 1 is 1.10 bits per heavy atom. The van der Waals surface area contributed by atoms with Gasteiger partial charge in [-0.25, -0.2) is 4.79 Å². The van der Waals surface area contributed by atoms with Gasteiger partial charge in [0, 0.05) is 33.1 Å². The molecule has 1 aromatic carbocycles. The third kappa shape index (κ3) is 3.28. The summed E-state index contributed by atoms with van der Waals surface area (Å²) in [7, 11) is 2.88. The van der Waals surface area contributed by atoms with Crippen molar-refractivity contribution in [1.82, 2.24) is 28.8 Å². The van der Waals surface area contributed by atoms with E-state index in [-0.39, 0.29) is 24.2 Å². The van der Waals surface area contributed by atoms with E-state index < -0.39 is 11.2 Å². The van der Waals surface area contributed by atoms with Crippen LogP contribution in [0.15, 0.2) is 46.0 Å². The summed E-state index contributed by atoms with van der Waals surface area (Å²) in [5.74, 6) is 1.18. The van der Waals surface area contributed by atoms with Crippen LogP contribution >= 0.6 is 0 Å². The van der Waals surface area contributed by atoms with E-state index in [2.05, 4.69) is 14.8 Å². The molecule has 4 rings (SSSR count). The van der Waals surface area contributed by atoms with Crippen molar-refractivity contribution in [3.8, 4) is 0 Å². The molecule has 0 radical (unpaired) electrons. The van der Waals surface area contributed by atoms with E-state index in [4.69, 9.17) is 0 Å². The van der Waals surface area contributed by atoms with E-state index in [1.54, 1.807) is 4.90 Å². The molecule has 29 heavy (non-hydrogen) atoms. The first-order valence-electron chi connectivity index (χ1n) is 9.39. The second-order valence-electron chi connectivity index (χ2n) is 7.37. The average Bonchev–Trinajstić information content (AvgIpc) is 3.12. The monoisotopic (exact) mass is 394 g/mol. The predicted octanol–water partition coefficient (Wildman–Crippen LogP) is 0.483. The van der Waals surface area contributed by atoms with Gasteiger partial charge in [-0.3, -0.25) is 18.7 Å². The van der Waals surface area contributed by atoms with E-state index in [1.165, 1.54) is 24.7 Å². The summed E-state index contributed by atoms with van der Waals surface area (Å²) in [5, 5.41) is 8.62. The van der Waals surface area contributed by atoms with Gasteiger partial charge in [-0.05, 0) is 12.5 Å². The molecule has 0 spiro atoms. The molecular formula is C20H22N6O3. The number of benzene rings is 1. The molecule has 9 heteroatoms. The Morgan fingerprint density at radius 3 is 2.55 bits per heavy atom. The summed E-state index contributed by atoms with van der Waals surface area (Å²) >= 11 is 0. The van der Waals surface area contributed by atoms with Gasteiger partial charge in [0.25, 0.3) is 11.5 Å². The van der Waals surface area contributed by atoms with Gasteiger partial charge in [-0.1, -0.05) is 30.3 Å². The van der Waals surface area contributed by atoms with Crippen molar-refractivity contribution in [2.45, 2.75) is 25.9 Å². The van der Waals surface area contributed by atoms with Gasteiger partial charge in [-0.15, -0.1) is 10.2 Å². The number of hydrogen-bond donors (Lipinski definition) is 0. The quantitative estimate of drug-likeness (QED) is 0.644. The molecule has 2 aromatic heterocycles. The molecule has 0 saturated carbocycles. The molecule has 1 aliphatic rings. The molecule has 1 amide bonds. The maximum absolute atomic E-state index is 13.1. The predicted molar refractivity (Wildman–Crippen MR) is 106 cm³/mol. The van der Waals surface area contributed by atoms with Crippen molar-refractivity contribution in [1.29, 1.82) is 0 Å². The highest BCUT2D eigenvalue weighted by Gasteiger charge is 2.31. The summed E-state index contributed by atoms with van der Waals surface area (Å²) in [5.41, 5.74) is 0.181. The fourth-order valence-corrected chi connectivity index (χ4v) is 3.77. The van der Waals surface area contributed by atoms with Crippen LogP contribution in [-0.2, 0) is 27.1 Å². The van der Waals surface area contributed by atoms with Gasteiger partial charge in [0.2, 0.25) is 0 Å². The van der Waals surface area contributed by atoms with Crippen LogP contribution < -0.4 is 11.2 Å². The molecule has 3 aromatic rings. The van der Waals surface area contributed by atoms with Crippen molar-refractivity contribution in [2.24, 2.45) is 14.1 Å². The summed E-state index contributed by atoms with van der Waals surface area (Å²) in [4.78, 5) is 38.8. The number of nitrogens with zero attached hydrogens (tertiary/aromatic N) is 6. The van der Waals surface area contributed by atoms with Crippen LogP contribution in [-0.4, -0.2) is 41.3 Å². The zero-order valence-corrected chi connectivity index (χ0v) is 16.6. The average molecular weight is 394 g/mol. The van der Waals surface area contributed by atoms with Crippen molar-refractivity contribution < 1.29 is 4.79 Å². The molecule has 150 valence electrons. The minimum absolute atomic E-state index is 0.0278. The molecule has 0 bridgehead atoms. The normalized spacial score (nSPS) is 16.0. The SMILES string of the molecule is C[C@H]1CN(C(=O)c2cc(=O)n(C)c(=O)n2C)Cc2nnc(Cc3ccccc3)n21. The fourth-order valence-electron chi connectivity index (χ4n) is 3.77. The Morgan fingerprint density at radius 2 is 1.83 bits per heavy atom. The summed E-state index contributed by atoms with van der Waals surface area (Å²) in [6, 6.07) is 11.2. The van der Waals surface area contributed by atoms with Crippen LogP contribution in [0.5, 0.6) is 0 Å². The van der Waals surface area contributed by atoms with Crippen LogP contribution in [0.3, 0.4) is 0 Å². The van der Waals surface area contributed by atoms with Gasteiger partial charge < -0.3 is 9.47 Å². The Hall–Kier alpha value is -3.49. The zero-order chi connectivity index (χ0) is 20.7. The Kier molecular flexibility index (Phi) is 4.65. The standard InChI is InChI=1S/C20H22N6O3/c1-13-11-25(19(28)15-10-18(27)24(3)20(29)23(15)2)12-17-22-21-16(26(13)17)9-14-7-5-4-6-8-14/h4-8,10,13H,9,11-12H2,1-3H3/t13-/m0/s1. The molecule has 3 heterocycles. The second-order valence-corrected chi connectivity index (χ2v) is 7.37. The van der Waals surface area contributed by atoms with Crippen molar-refractivity contribution in [3.05, 3.63) is 80.1 Å².